The average Bonchev–Trinajstić information content (AvgIpc) is 3.13. The Morgan fingerprint density at radius 3 is 2.10 bits per heavy atom. The summed E-state index contributed by atoms with van der Waals surface area (Å²) >= 11 is 5.90. The number of hydrogen-bond donors (Lipinski definition) is 0. The summed E-state index contributed by atoms with van der Waals surface area (Å²) in [7, 11) is 0. The van der Waals surface area contributed by atoms with Gasteiger partial charge < -0.3 is 9.80 Å². The second kappa shape index (κ2) is 8.94. The van der Waals surface area contributed by atoms with Crippen LogP contribution in [0.1, 0.15) is 27.3 Å². The first-order valence-corrected chi connectivity index (χ1v) is 10.7. The molecule has 7 heteroatoms. The minimum atomic E-state index is -0.00952. The van der Waals surface area contributed by atoms with Crippen molar-refractivity contribution < 1.29 is 9.59 Å². The van der Waals surface area contributed by atoms with E-state index in [1.54, 1.807) is 12.1 Å². The highest BCUT2D eigenvalue weighted by molar-refractivity contribution is 6.30. The van der Waals surface area contributed by atoms with Crippen LogP contribution in [-0.2, 0) is 11.2 Å². The maximum atomic E-state index is 12.9. The molecule has 1 aliphatic heterocycles. The van der Waals surface area contributed by atoms with Gasteiger partial charge in [0.1, 0.15) is 0 Å². The van der Waals surface area contributed by atoms with Gasteiger partial charge >= 0.3 is 0 Å². The van der Waals surface area contributed by atoms with Crippen molar-refractivity contribution in [2.24, 2.45) is 0 Å². The van der Waals surface area contributed by atoms with Crippen LogP contribution in [0, 0.1) is 13.8 Å². The third kappa shape index (κ3) is 4.80. The van der Waals surface area contributed by atoms with Crippen LogP contribution < -0.4 is 0 Å². The van der Waals surface area contributed by atoms with E-state index in [0.29, 0.717) is 43.2 Å². The van der Waals surface area contributed by atoms with E-state index in [1.165, 1.54) is 0 Å². The van der Waals surface area contributed by atoms with E-state index in [0.717, 1.165) is 22.6 Å². The zero-order chi connectivity index (χ0) is 22.0. The molecule has 0 bridgehead atoms. The Bertz CT molecular complexity index is 1080. The molecule has 1 aromatic heterocycles. The number of hydrogen-bond acceptors (Lipinski definition) is 3. The van der Waals surface area contributed by atoms with Crippen LogP contribution in [0.3, 0.4) is 0 Å². The lowest BCUT2D eigenvalue weighted by Gasteiger charge is -2.35. The number of nitrogens with zero attached hydrogens (tertiary/aromatic N) is 4. The Kier molecular flexibility index (Phi) is 6.09. The summed E-state index contributed by atoms with van der Waals surface area (Å²) in [5, 5.41) is 5.14. The van der Waals surface area contributed by atoms with E-state index in [-0.39, 0.29) is 11.8 Å². The second-order valence-electron chi connectivity index (χ2n) is 7.86. The molecular weight excluding hydrogens is 412 g/mol. The van der Waals surface area contributed by atoms with Gasteiger partial charge in [-0.1, -0.05) is 23.7 Å². The van der Waals surface area contributed by atoms with E-state index in [4.69, 9.17) is 11.6 Å². The van der Waals surface area contributed by atoms with Gasteiger partial charge in [-0.2, -0.15) is 5.10 Å². The maximum Gasteiger partial charge on any atom is 0.253 e. The highest BCUT2D eigenvalue weighted by atomic mass is 35.5. The zero-order valence-electron chi connectivity index (χ0n) is 17.7. The van der Waals surface area contributed by atoms with Crippen LogP contribution in [0.25, 0.3) is 5.69 Å². The van der Waals surface area contributed by atoms with Gasteiger partial charge in [-0.3, -0.25) is 9.59 Å². The molecule has 0 radical (unpaired) electrons. The van der Waals surface area contributed by atoms with Gasteiger partial charge in [0, 0.05) is 42.5 Å². The molecule has 2 amide bonds. The van der Waals surface area contributed by atoms with E-state index in [2.05, 4.69) is 5.10 Å². The van der Waals surface area contributed by atoms with Gasteiger partial charge in [0.05, 0.1) is 17.8 Å². The fourth-order valence-corrected chi connectivity index (χ4v) is 3.99. The van der Waals surface area contributed by atoms with Crippen LogP contribution in [-0.4, -0.2) is 57.6 Å². The van der Waals surface area contributed by atoms with Crippen LogP contribution in [0.15, 0.2) is 54.6 Å². The van der Waals surface area contributed by atoms with Crippen molar-refractivity contribution in [3.63, 3.8) is 0 Å². The number of carbonyl (C=O) groups excluding carboxylic acids is 2. The minimum Gasteiger partial charge on any atom is -0.339 e. The number of carbonyl (C=O) groups is 2. The molecule has 31 heavy (non-hydrogen) atoms. The molecule has 0 aliphatic carbocycles. The Balaban J connectivity index is 1.34. The summed E-state index contributed by atoms with van der Waals surface area (Å²) in [4.78, 5) is 29.1. The van der Waals surface area contributed by atoms with Gasteiger partial charge in [-0.05, 0) is 61.9 Å². The Labute approximate surface area is 187 Å². The number of halogens is 1. The molecule has 160 valence electrons. The SMILES string of the molecule is Cc1cc(C)n(-c2ccc(C(=O)N3CCN(C(=O)Cc4ccc(Cl)cc4)CC3)cc2)n1. The Morgan fingerprint density at radius 2 is 1.52 bits per heavy atom. The summed E-state index contributed by atoms with van der Waals surface area (Å²) in [6.07, 6.45) is 0.346. The quantitative estimate of drug-likeness (QED) is 0.627. The van der Waals surface area contributed by atoms with E-state index in [9.17, 15) is 9.59 Å². The average molecular weight is 437 g/mol. The Morgan fingerprint density at radius 1 is 0.903 bits per heavy atom. The van der Waals surface area contributed by atoms with E-state index >= 15 is 0 Å². The molecule has 0 N–H and O–H groups in total. The molecule has 0 saturated carbocycles. The summed E-state index contributed by atoms with van der Waals surface area (Å²) in [5.74, 6) is 0.0633. The van der Waals surface area contributed by atoms with Crippen molar-refractivity contribution in [3.8, 4) is 5.69 Å². The molecule has 1 fully saturated rings. The zero-order valence-corrected chi connectivity index (χ0v) is 18.5. The second-order valence-corrected chi connectivity index (χ2v) is 8.30. The number of aryl methyl sites for hydroxylation is 2. The van der Waals surface area contributed by atoms with Crippen LogP contribution in [0.2, 0.25) is 5.02 Å². The van der Waals surface area contributed by atoms with Gasteiger partial charge in [0.2, 0.25) is 5.91 Å². The first-order chi connectivity index (χ1) is 14.9. The maximum absolute atomic E-state index is 12.9. The third-order valence-corrected chi connectivity index (χ3v) is 5.81. The largest absolute Gasteiger partial charge is 0.339 e. The van der Waals surface area contributed by atoms with E-state index in [1.807, 2.05) is 70.8 Å². The first-order valence-electron chi connectivity index (χ1n) is 10.4. The molecule has 2 heterocycles. The van der Waals surface area contributed by atoms with Crippen LogP contribution in [0.4, 0.5) is 0 Å². The fourth-order valence-electron chi connectivity index (χ4n) is 3.87. The topological polar surface area (TPSA) is 58.4 Å². The molecular formula is C24H25ClN4O2. The number of rotatable bonds is 4. The highest BCUT2D eigenvalue weighted by Crippen LogP contribution is 2.16. The van der Waals surface area contributed by atoms with Gasteiger partial charge in [-0.15, -0.1) is 0 Å². The third-order valence-electron chi connectivity index (χ3n) is 5.56. The number of aromatic nitrogens is 2. The molecule has 0 spiro atoms. The van der Waals surface area contributed by atoms with Gasteiger partial charge in [0.15, 0.2) is 0 Å². The molecule has 1 saturated heterocycles. The van der Waals surface area contributed by atoms with Gasteiger partial charge in [0.25, 0.3) is 5.91 Å². The Hall–Kier alpha value is -3.12. The molecule has 4 rings (SSSR count). The lowest BCUT2D eigenvalue weighted by molar-refractivity contribution is -0.131. The highest BCUT2D eigenvalue weighted by Gasteiger charge is 2.25. The molecule has 0 atom stereocenters. The van der Waals surface area contributed by atoms with E-state index < -0.39 is 0 Å². The van der Waals surface area contributed by atoms with Crippen molar-refractivity contribution in [1.29, 1.82) is 0 Å². The molecule has 3 aromatic rings. The monoisotopic (exact) mass is 436 g/mol. The predicted molar refractivity (Wildman–Crippen MR) is 121 cm³/mol. The number of amides is 2. The van der Waals surface area contributed by atoms with Crippen LogP contribution in [0.5, 0.6) is 0 Å². The lowest BCUT2D eigenvalue weighted by atomic mass is 10.1. The van der Waals surface area contributed by atoms with Crippen molar-refractivity contribution >= 4 is 23.4 Å². The molecule has 0 unspecified atom stereocenters. The summed E-state index contributed by atoms with van der Waals surface area (Å²) in [5.41, 5.74) is 4.53. The smallest absolute Gasteiger partial charge is 0.253 e. The van der Waals surface area contributed by atoms with Gasteiger partial charge in [-0.25, -0.2) is 4.68 Å². The number of piperazine rings is 1. The standard InChI is InChI=1S/C24H25ClN4O2/c1-17-15-18(2)29(26-17)22-9-5-20(6-10-22)24(31)28-13-11-27(12-14-28)23(30)16-19-3-7-21(25)8-4-19/h3-10,15H,11-14,16H2,1-2H3. The van der Waals surface area contributed by atoms with Crippen molar-refractivity contribution in [2.45, 2.75) is 20.3 Å². The summed E-state index contributed by atoms with van der Waals surface area (Å²) < 4.78 is 1.87. The molecule has 6 nitrogen and oxygen atoms in total. The van der Waals surface area contributed by atoms with Crippen molar-refractivity contribution in [2.75, 3.05) is 26.2 Å². The van der Waals surface area contributed by atoms with Crippen molar-refractivity contribution in [3.05, 3.63) is 82.1 Å². The summed E-state index contributed by atoms with van der Waals surface area (Å²) in [6, 6.07) is 16.9. The minimum absolute atomic E-state index is 0.00952. The van der Waals surface area contributed by atoms with Crippen molar-refractivity contribution in [1.82, 2.24) is 19.6 Å². The first kappa shape index (κ1) is 21.1. The lowest BCUT2D eigenvalue weighted by Crippen LogP contribution is -2.51. The molecule has 1 aliphatic rings. The fraction of sp³-hybridized carbons (Fsp3) is 0.292. The number of benzene rings is 2. The normalized spacial score (nSPS) is 14.0. The predicted octanol–water partition coefficient (Wildman–Crippen LogP) is 3.67. The van der Waals surface area contributed by atoms with Crippen LogP contribution >= 0.6 is 11.6 Å². The molecule has 2 aromatic carbocycles. The summed E-state index contributed by atoms with van der Waals surface area (Å²) in [6.45, 7) is 6.12.